The van der Waals surface area contributed by atoms with Gasteiger partial charge in [0.05, 0.1) is 12.3 Å². The maximum atomic E-state index is 12.5. The Kier molecular flexibility index (Phi) is 5.78. The topological polar surface area (TPSA) is 78.7 Å². The average Bonchev–Trinajstić information content (AvgIpc) is 3.17. The van der Waals surface area contributed by atoms with Crippen molar-refractivity contribution in [2.45, 2.75) is 57.2 Å². The number of nitrogens with one attached hydrogen (secondary N) is 1. The van der Waals surface area contributed by atoms with Gasteiger partial charge in [-0.25, -0.2) is 9.98 Å². The number of carbonyl (C=O) groups excluding carboxylic acids is 1. The first kappa shape index (κ1) is 18.5. The summed E-state index contributed by atoms with van der Waals surface area (Å²) in [5.74, 6) is 1.17. The van der Waals surface area contributed by atoms with Gasteiger partial charge in [0.15, 0.2) is 5.84 Å². The number of fused-ring (bicyclic) bond motifs is 1. The van der Waals surface area contributed by atoms with Crippen LogP contribution in [0.3, 0.4) is 0 Å². The lowest BCUT2D eigenvalue weighted by atomic mass is 9.99. The van der Waals surface area contributed by atoms with E-state index < -0.39 is 0 Å². The predicted molar refractivity (Wildman–Crippen MR) is 106 cm³/mol. The van der Waals surface area contributed by atoms with Crippen LogP contribution in [0, 0.1) is 5.92 Å². The fourth-order valence-electron chi connectivity index (χ4n) is 4.35. The molecule has 1 amide bonds. The van der Waals surface area contributed by atoms with Crippen molar-refractivity contribution in [2.75, 3.05) is 26.8 Å². The largest absolute Gasteiger partial charge is 0.381 e. The standard InChI is InChI=1S/C20H29N5O2/c1-25(13-18(26)22-14-8-11-27-12-9-14)20-15-5-4-7-16(15)23-19(24-20)17-6-2-3-10-21-17/h3,10,14-15,20H,2,4-9,11-13H2,1H3,(H,22,26). The Balaban J connectivity index is 1.44. The minimum absolute atomic E-state index is 0.0240. The molecule has 0 radical (unpaired) electrons. The third-order valence-corrected chi connectivity index (χ3v) is 5.81. The van der Waals surface area contributed by atoms with E-state index in [1.807, 2.05) is 13.2 Å². The van der Waals surface area contributed by atoms with Crippen molar-refractivity contribution in [3.05, 3.63) is 12.3 Å². The van der Waals surface area contributed by atoms with E-state index in [0.717, 1.165) is 69.7 Å². The molecule has 0 spiro atoms. The van der Waals surface area contributed by atoms with Gasteiger partial charge in [0.25, 0.3) is 0 Å². The molecule has 27 heavy (non-hydrogen) atoms. The van der Waals surface area contributed by atoms with Crippen molar-refractivity contribution in [1.82, 2.24) is 10.2 Å². The van der Waals surface area contributed by atoms with E-state index in [2.05, 4.69) is 21.3 Å². The molecular weight excluding hydrogens is 342 g/mol. The van der Waals surface area contributed by atoms with Crippen LogP contribution in [-0.4, -0.2) is 67.1 Å². The van der Waals surface area contributed by atoms with Gasteiger partial charge >= 0.3 is 0 Å². The molecule has 4 rings (SSSR count). The molecule has 2 atom stereocenters. The molecule has 3 aliphatic heterocycles. The number of amides is 1. The highest BCUT2D eigenvalue weighted by Crippen LogP contribution is 2.32. The minimum Gasteiger partial charge on any atom is -0.381 e. The van der Waals surface area contributed by atoms with Crippen molar-refractivity contribution in [1.29, 1.82) is 0 Å². The molecule has 1 aliphatic carbocycles. The van der Waals surface area contributed by atoms with E-state index in [0.29, 0.717) is 12.5 Å². The van der Waals surface area contributed by atoms with Crippen LogP contribution in [0.5, 0.6) is 0 Å². The van der Waals surface area contributed by atoms with Crippen LogP contribution in [0.2, 0.25) is 0 Å². The van der Waals surface area contributed by atoms with E-state index in [4.69, 9.17) is 14.7 Å². The van der Waals surface area contributed by atoms with Gasteiger partial charge in [-0.15, -0.1) is 0 Å². The fraction of sp³-hybridized carbons (Fsp3) is 0.700. The number of likely N-dealkylation sites (N-methyl/N-ethyl adjacent to an activating group) is 1. The molecule has 7 heteroatoms. The first-order chi connectivity index (χ1) is 13.2. The van der Waals surface area contributed by atoms with Gasteiger partial charge in [-0.05, 0) is 52.0 Å². The minimum atomic E-state index is -0.0240. The molecule has 7 nitrogen and oxygen atoms in total. The summed E-state index contributed by atoms with van der Waals surface area (Å²) in [6.07, 6.45) is 10.8. The third-order valence-electron chi connectivity index (χ3n) is 5.81. The van der Waals surface area contributed by atoms with E-state index in [1.54, 1.807) is 0 Å². The summed E-state index contributed by atoms with van der Waals surface area (Å²) < 4.78 is 5.37. The fourth-order valence-corrected chi connectivity index (χ4v) is 4.35. The number of amidine groups is 1. The normalized spacial score (nSPS) is 28.4. The first-order valence-corrected chi connectivity index (χ1v) is 10.2. The summed E-state index contributed by atoms with van der Waals surface area (Å²) in [5.41, 5.74) is 2.21. The van der Waals surface area contributed by atoms with Crippen LogP contribution in [0.4, 0.5) is 0 Å². The smallest absolute Gasteiger partial charge is 0.234 e. The second-order valence-corrected chi connectivity index (χ2v) is 7.84. The molecule has 1 saturated heterocycles. The van der Waals surface area contributed by atoms with E-state index in [9.17, 15) is 4.79 Å². The second kappa shape index (κ2) is 8.44. The van der Waals surface area contributed by atoms with Crippen molar-refractivity contribution in [2.24, 2.45) is 20.9 Å². The van der Waals surface area contributed by atoms with Crippen LogP contribution in [0.1, 0.15) is 44.9 Å². The Labute approximate surface area is 160 Å². The Morgan fingerprint density at radius 3 is 2.93 bits per heavy atom. The predicted octanol–water partition coefficient (Wildman–Crippen LogP) is 1.94. The van der Waals surface area contributed by atoms with Gasteiger partial charge in [-0.1, -0.05) is 6.08 Å². The zero-order valence-corrected chi connectivity index (χ0v) is 16.1. The van der Waals surface area contributed by atoms with Crippen LogP contribution in [-0.2, 0) is 9.53 Å². The summed E-state index contributed by atoms with van der Waals surface area (Å²) in [4.78, 5) is 28.9. The van der Waals surface area contributed by atoms with Crippen LogP contribution in [0.15, 0.2) is 27.3 Å². The molecule has 2 unspecified atom stereocenters. The molecule has 0 aromatic heterocycles. The van der Waals surface area contributed by atoms with Crippen molar-refractivity contribution >= 4 is 23.2 Å². The number of aliphatic imine (C=N–C) groups is 3. The SMILES string of the molecule is CN(CC(=O)NC1CCOCC1)C1N=C(C2=NC=CCC2)N=C2CCCC21. The Morgan fingerprint density at radius 1 is 1.30 bits per heavy atom. The van der Waals surface area contributed by atoms with Crippen molar-refractivity contribution in [3.63, 3.8) is 0 Å². The highest BCUT2D eigenvalue weighted by Gasteiger charge is 2.37. The quantitative estimate of drug-likeness (QED) is 0.802. The summed E-state index contributed by atoms with van der Waals surface area (Å²) in [6, 6.07) is 0.233. The highest BCUT2D eigenvalue weighted by atomic mass is 16.5. The molecule has 146 valence electrons. The molecule has 0 aromatic rings. The number of nitrogens with zero attached hydrogens (tertiary/aromatic N) is 4. The summed E-state index contributed by atoms with van der Waals surface area (Å²) in [7, 11) is 2.00. The maximum Gasteiger partial charge on any atom is 0.234 e. The lowest BCUT2D eigenvalue weighted by Gasteiger charge is -2.33. The molecular formula is C20H29N5O2. The summed E-state index contributed by atoms with van der Waals surface area (Å²) >= 11 is 0. The van der Waals surface area contributed by atoms with Gasteiger partial charge in [-0.2, -0.15) is 0 Å². The number of ether oxygens (including phenoxy) is 1. The lowest BCUT2D eigenvalue weighted by Crippen LogP contribution is -2.48. The third kappa shape index (κ3) is 4.35. The number of rotatable bonds is 5. The molecule has 1 N–H and O–H groups in total. The first-order valence-electron chi connectivity index (χ1n) is 10.2. The molecule has 0 aromatic carbocycles. The van der Waals surface area contributed by atoms with Gasteiger partial charge in [-0.3, -0.25) is 14.7 Å². The van der Waals surface area contributed by atoms with Gasteiger partial charge in [0, 0.05) is 37.1 Å². The van der Waals surface area contributed by atoms with Gasteiger partial charge < -0.3 is 10.1 Å². The number of carbonyl (C=O) groups is 1. The van der Waals surface area contributed by atoms with Crippen LogP contribution >= 0.6 is 0 Å². The Bertz CT molecular complexity index is 690. The maximum absolute atomic E-state index is 12.5. The van der Waals surface area contributed by atoms with Crippen LogP contribution in [0.25, 0.3) is 0 Å². The molecule has 4 aliphatic rings. The monoisotopic (exact) mass is 371 g/mol. The molecule has 1 saturated carbocycles. The van der Waals surface area contributed by atoms with E-state index in [1.165, 1.54) is 5.71 Å². The summed E-state index contributed by atoms with van der Waals surface area (Å²) in [5, 5.41) is 3.15. The lowest BCUT2D eigenvalue weighted by molar-refractivity contribution is -0.123. The molecule has 3 heterocycles. The van der Waals surface area contributed by atoms with Crippen molar-refractivity contribution < 1.29 is 9.53 Å². The Hall–Kier alpha value is -1.86. The van der Waals surface area contributed by atoms with E-state index >= 15 is 0 Å². The average molecular weight is 371 g/mol. The van der Waals surface area contributed by atoms with Gasteiger partial charge in [0.2, 0.25) is 5.91 Å². The second-order valence-electron chi connectivity index (χ2n) is 7.84. The molecule has 0 bridgehead atoms. The highest BCUT2D eigenvalue weighted by molar-refractivity contribution is 6.44. The Morgan fingerprint density at radius 2 is 2.15 bits per heavy atom. The number of allylic oxidation sites excluding steroid dienone is 1. The van der Waals surface area contributed by atoms with Crippen LogP contribution < -0.4 is 5.32 Å². The summed E-state index contributed by atoms with van der Waals surface area (Å²) in [6.45, 7) is 1.82. The zero-order valence-electron chi connectivity index (χ0n) is 16.1. The number of hydrogen-bond acceptors (Lipinski definition) is 6. The van der Waals surface area contributed by atoms with Gasteiger partial charge in [0.1, 0.15) is 6.17 Å². The molecule has 2 fully saturated rings. The van der Waals surface area contributed by atoms with E-state index in [-0.39, 0.29) is 18.1 Å². The zero-order chi connectivity index (χ0) is 18.6. The number of hydrogen-bond donors (Lipinski definition) is 1. The van der Waals surface area contributed by atoms with Crippen molar-refractivity contribution in [3.8, 4) is 0 Å².